The zero-order valence-corrected chi connectivity index (χ0v) is 13.8. The molecule has 0 bridgehead atoms. The molecule has 4 aromatic rings. The molecule has 114 valence electrons. The molecular weight excluding hydrogens is 354 g/mol. The number of hydrogen-bond donors (Lipinski definition) is 1. The third kappa shape index (κ3) is 2.31. The van der Waals surface area contributed by atoms with E-state index in [4.69, 9.17) is 23.8 Å². The average Bonchev–Trinajstić information content (AvgIpc) is 3.09. The lowest BCUT2D eigenvalue weighted by Crippen LogP contribution is -2.18. The number of nitrogens with one attached hydrogen (secondary N) is 1. The standard InChI is InChI=1S/C14H8ClN5OS2/c15-11-10(19-5-6-23-14(19)18-11)7-16-20-12(21)8-3-1-2-4-9(8)17-13(20)22/h1-7H,(H,17,22)/b16-7-. The van der Waals surface area contributed by atoms with Gasteiger partial charge in [0.05, 0.1) is 17.1 Å². The van der Waals surface area contributed by atoms with E-state index in [1.807, 2.05) is 17.6 Å². The van der Waals surface area contributed by atoms with E-state index in [9.17, 15) is 4.79 Å². The summed E-state index contributed by atoms with van der Waals surface area (Å²) in [6.45, 7) is 0. The number of halogens is 1. The molecule has 6 nitrogen and oxygen atoms in total. The number of rotatable bonds is 2. The van der Waals surface area contributed by atoms with Crippen molar-refractivity contribution in [2.45, 2.75) is 0 Å². The molecule has 0 saturated carbocycles. The molecule has 0 saturated heterocycles. The highest BCUT2D eigenvalue weighted by Gasteiger charge is 2.10. The van der Waals surface area contributed by atoms with Crippen LogP contribution in [-0.2, 0) is 0 Å². The first-order valence-corrected chi connectivity index (χ1v) is 8.21. The Balaban J connectivity index is 1.90. The highest BCUT2D eigenvalue weighted by Crippen LogP contribution is 2.19. The Morgan fingerprint density at radius 3 is 3.09 bits per heavy atom. The molecule has 3 heterocycles. The van der Waals surface area contributed by atoms with Gasteiger partial charge in [-0.25, -0.2) is 4.98 Å². The minimum Gasteiger partial charge on any atom is -0.330 e. The number of fused-ring (bicyclic) bond motifs is 2. The molecule has 0 amide bonds. The molecule has 0 aliphatic rings. The van der Waals surface area contributed by atoms with Gasteiger partial charge in [0.1, 0.15) is 5.69 Å². The fourth-order valence-corrected chi connectivity index (χ4v) is 3.49. The van der Waals surface area contributed by atoms with E-state index in [2.05, 4.69) is 15.1 Å². The third-order valence-corrected chi connectivity index (χ3v) is 4.64. The molecule has 0 atom stereocenters. The van der Waals surface area contributed by atoms with Crippen LogP contribution in [0, 0.1) is 4.77 Å². The number of para-hydroxylation sites is 1. The summed E-state index contributed by atoms with van der Waals surface area (Å²) in [5, 5.41) is 6.92. The van der Waals surface area contributed by atoms with Crippen molar-refractivity contribution in [3.05, 3.63) is 61.8 Å². The van der Waals surface area contributed by atoms with Crippen LogP contribution in [0.15, 0.2) is 45.7 Å². The fourth-order valence-electron chi connectivity index (χ4n) is 2.26. The molecule has 1 aromatic carbocycles. The van der Waals surface area contributed by atoms with E-state index in [1.54, 1.807) is 22.6 Å². The summed E-state index contributed by atoms with van der Waals surface area (Å²) in [6.07, 6.45) is 3.32. The normalized spacial score (nSPS) is 11.9. The largest absolute Gasteiger partial charge is 0.330 e. The Kier molecular flexibility index (Phi) is 3.37. The van der Waals surface area contributed by atoms with Crippen LogP contribution in [0.3, 0.4) is 0 Å². The summed E-state index contributed by atoms with van der Waals surface area (Å²) in [5.74, 6) is 0. The van der Waals surface area contributed by atoms with Crippen LogP contribution in [-0.4, -0.2) is 25.3 Å². The number of imidazole rings is 1. The molecule has 23 heavy (non-hydrogen) atoms. The maximum Gasteiger partial charge on any atom is 0.282 e. The quantitative estimate of drug-likeness (QED) is 0.440. The third-order valence-electron chi connectivity index (χ3n) is 3.33. The Morgan fingerprint density at radius 1 is 1.39 bits per heavy atom. The van der Waals surface area contributed by atoms with Crippen molar-refractivity contribution in [3.8, 4) is 0 Å². The lowest BCUT2D eigenvalue weighted by atomic mass is 10.2. The summed E-state index contributed by atoms with van der Waals surface area (Å²) >= 11 is 12.8. The molecule has 0 fully saturated rings. The van der Waals surface area contributed by atoms with Gasteiger partial charge < -0.3 is 4.98 Å². The van der Waals surface area contributed by atoms with Crippen molar-refractivity contribution in [1.82, 2.24) is 19.0 Å². The smallest absolute Gasteiger partial charge is 0.282 e. The number of H-pyrrole nitrogens is 1. The predicted molar refractivity (Wildman–Crippen MR) is 94.5 cm³/mol. The van der Waals surface area contributed by atoms with Crippen LogP contribution in [0.1, 0.15) is 5.69 Å². The van der Waals surface area contributed by atoms with E-state index >= 15 is 0 Å². The molecule has 0 unspecified atom stereocenters. The Hall–Kier alpha value is -2.29. The van der Waals surface area contributed by atoms with Crippen molar-refractivity contribution >= 4 is 57.2 Å². The number of nitrogens with zero attached hydrogens (tertiary/aromatic N) is 4. The minimum absolute atomic E-state index is 0.215. The van der Waals surface area contributed by atoms with Gasteiger partial charge in [-0.2, -0.15) is 9.78 Å². The molecular formula is C14H8ClN5OS2. The second kappa shape index (κ2) is 5.41. The van der Waals surface area contributed by atoms with Crippen LogP contribution in [0.5, 0.6) is 0 Å². The van der Waals surface area contributed by atoms with Crippen molar-refractivity contribution < 1.29 is 0 Å². The molecule has 1 N–H and O–H groups in total. The van der Waals surface area contributed by atoms with Crippen LogP contribution >= 0.6 is 35.2 Å². The first-order chi connectivity index (χ1) is 11.1. The average molecular weight is 362 g/mol. The van der Waals surface area contributed by atoms with Gasteiger partial charge in [-0.05, 0) is 24.4 Å². The lowest BCUT2D eigenvalue weighted by Gasteiger charge is -2.02. The summed E-state index contributed by atoms with van der Waals surface area (Å²) in [4.78, 5) is 20.5. The molecule has 4 rings (SSSR count). The topological polar surface area (TPSA) is 67.5 Å². The van der Waals surface area contributed by atoms with Gasteiger partial charge in [-0.3, -0.25) is 9.20 Å². The first-order valence-electron chi connectivity index (χ1n) is 6.54. The van der Waals surface area contributed by atoms with E-state index < -0.39 is 0 Å². The summed E-state index contributed by atoms with van der Waals surface area (Å²) < 4.78 is 3.15. The summed E-state index contributed by atoms with van der Waals surface area (Å²) in [7, 11) is 0. The number of benzene rings is 1. The van der Waals surface area contributed by atoms with Crippen LogP contribution in [0.2, 0.25) is 5.15 Å². The van der Waals surface area contributed by atoms with Crippen molar-refractivity contribution in [2.75, 3.05) is 0 Å². The molecule has 0 radical (unpaired) electrons. The van der Waals surface area contributed by atoms with E-state index in [-0.39, 0.29) is 10.3 Å². The zero-order valence-electron chi connectivity index (χ0n) is 11.4. The summed E-state index contributed by atoms with van der Waals surface area (Å²) in [5.41, 5.74) is 0.983. The monoisotopic (exact) mass is 361 g/mol. The van der Waals surface area contributed by atoms with Gasteiger partial charge in [-0.15, -0.1) is 11.3 Å². The second-order valence-corrected chi connectivity index (χ2v) is 6.30. The molecule has 0 spiro atoms. The summed E-state index contributed by atoms with van der Waals surface area (Å²) in [6, 6.07) is 7.14. The van der Waals surface area contributed by atoms with Crippen LogP contribution < -0.4 is 5.56 Å². The van der Waals surface area contributed by atoms with Gasteiger partial charge in [0.15, 0.2) is 10.1 Å². The maximum atomic E-state index is 12.5. The van der Waals surface area contributed by atoms with Crippen LogP contribution in [0.4, 0.5) is 0 Å². The zero-order chi connectivity index (χ0) is 16.0. The van der Waals surface area contributed by atoms with Gasteiger partial charge in [-0.1, -0.05) is 23.7 Å². The minimum atomic E-state index is -0.289. The molecule has 0 aliphatic carbocycles. The van der Waals surface area contributed by atoms with Crippen molar-refractivity contribution in [2.24, 2.45) is 5.10 Å². The lowest BCUT2D eigenvalue weighted by molar-refractivity contribution is 0.799. The van der Waals surface area contributed by atoms with Crippen molar-refractivity contribution in [1.29, 1.82) is 0 Å². The Morgan fingerprint density at radius 2 is 2.22 bits per heavy atom. The van der Waals surface area contributed by atoms with Gasteiger partial charge in [0.25, 0.3) is 5.56 Å². The van der Waals surface area contributed by atoms with E-state index in [0.717, 1.165) is 9.64 Å². The SMILES string of the molecule is O=c1c2ccccc2[nH]c(=S)n1/N=C\c1c(Cl)nc2sccn12. The Labute approximate surface area is 143 Å². The second-order valence-electron chi connectivity index (χ2n) is 4.68. The molecule has 0 aliphatic heterocycles. The van der Waals surface area contributed by atoms with E-state index in [0.29, 0.717) is 21.7 Å². The van der Waals surface area contributed by atoms with E-state index in [1.165, 1.54) is 17.6 Å². The Bertz CT molecular complexity index is 1180. The molecule has 9 heteroatoms. The predicted octanol–water partition coefficient (Wildman–Crippen LogP) is 3.30. The fraction of sp³-hybridized carbons (Fsp3) is 0. The van der Waals surface area contributed by atoms with Gasteiger partial charge in [0, 0.05) is 11.6 Å². The van der Waals surface area contributed by atoms with Crippen molar-refractivity contribution in [3.63, 3.8) is 0 Å². The van der Waals surface area contributed by atoms with Gasteiger partial charge in [0.2, 0.25) is 4.77 Å². The van der Waals surface area contributed by atoms with Gasteiger partial charge >= 0.3 is 0 Å². The number of thiazole rings is 1. The first kappa shape index (κ1) is 14.3. The molecule has 3 aromatic heterocycles. The number of aromatic amines is 1. The highest BCUT2D eigenvalue weighted by molar-refractivity contribution is 7.71. The van der Waals surface area contributed by atoms with Crippen LogP contribution in [0.25, 0.3) is 15.9 Å². The maximum absolute atomic E-state index is 12.5. The highest BCUT2D eigenvalue weighted by atomic mass is 35.5. The number of hydrogen-bond acceptors (Lipinski definition) is 5. The number of aromatic nitrogens is 4.